The van der Waals surface area contributed by atoms with E-state index in [9.17, 15) is 0 Å². The van der Waals surface area contributed by atoms with Crippen molar-refractivity contribution in [3.8, 4) is 0 Å². The molecule has 0 aromatic carbocycles. The molecule has 0 aliphatic heterocycles. The maximum Gasteiger partial charge on any atom is 0.189 e. The molecular weight excluding hydrogens is 388 g/mol. The summed E-state index contributed by atoms with van der Waals surface area (Å²) in [6.07, 6.45) is 7.56. The van der Waals surface area contributed by atoms with Gasteiger partial charge in [-0.2, -0.15) is 0 Å². The lowest BCUT2D eigenvalue weighted by Crippen LogP contribution is -2.07. The van der Waals surface area contributed by atoms with Crippen molar-refractivity contribution in [2.24, 2.45) is 5.92 Å². The molecule has 7 heteroatoms. The number of hydrogen-bond acceptors (Lipinski definition) is 7. The van der Waals surface area contributed by atoms with Crippen LogP contribution in [0.25, 0.3) is 20.4 Å². The first kappa shape index (κ1) is 19.9. The van der Waals surface area contributed by atoms with E-state index in [1.54, 1.807) is 30.2 Å². The number of nitrogens with zero attached hydrogens (tertiary/aromatic N) is 3. The first-order valence-corrected chi connectivity index (χ1v) is 12.1. The highest BCUT2D eigenvalue weighted by Gasteiger charge is 2.25. The molecule has 1 aliphatic rings. The van der Waals surface area contributed by atoms with Gasteiger partial charge in [0.1, 0.15) is 10.6 Å². The van der Waals surface area contributed by atoms with Crippen molar-refractivity contribution in [2.45, 2.75) is 51.1 Å². The second kappa shape index (κ2) is 8.51. The van der Waals surface area contributed by atoms with Gasteiger partial charge in [-0.3, -0.25) is 0 Å². The molecule has 0 saturated carbocycles. The molecule has 0 spiro atoms. The summed E-state index contributed by atoms with van der Waals surface area (Å²) in [6.45, 7) is 6.13. The Bertz CT molecular complexity index is 999. The van der Waals surface area contributed by atoms with Crippen LogP contribution < -0.4 is 5.32 Å². The molecule has 1 N–H and O–H groups in total. The summed E-state index contributed by atoms with van der Waals surface area (Å²) in [5.41, 5.74) is 5.35. The molecule has 0 bridgehead atoms. The van der Waals surface area contributed by atoms with E-state index in [-0.39, 0.29) is 0 Å². The molecule has 0 saturated heterocycles. The number of fused-ring (bicyclic) bond motifs is 5. The van der Waals surface area contributed by atoms with E-state index in [4.69, 9.17) is 19.7 Å². The second-order valence-electron chi connectivity index (χ2n) is 7.76. The van der Waals surface area contributed by atoms with Crippen molar-refractivity contribution < 1.29 is 4.74 Å². The highest BCUT2D eigenvalue weighted by Crippen LogP contribution is 2.42. The fourth-order valence-electron chi connectivity index (χ4n) is 4.01. The van der Waals surface area contributed by atoms with E-state index >= 15 is 0 Å². The Morgan fingerprint density at radius 1 is 1.18 bits per heavy atom. The summed E-state index contributed by atoms with van der Waals surface area (Å²) in [4.78, 5) is 15.9. The number of rotatable bonds is 8. The molecule has 0 fully saturated rings. The minimum absolute atomic E-state index is 0.616. The van der Waals surface area contributed by atoms with Crippen LogP contribution in [0.3, 0.4) is 0 Å². The number of thioether (sulfide) groups is 1. The Morgan fingerprint density at radius 3 is 2.75 bits per heavy atom. The summed E-state index contributed by atoms with van der Waals surface area (Å²) >= 11 is 3.34. The maximum absolute atomic E-state index is 5.17. The molecule has 0 amide bonds. The Hall–Kier alpha value is -1.44. The summed E-state index contributed by atoms with van der Waals surface area (Å²) in [5.74, 6) is 1.55. The van der Waals surface area contributed by atoms with Crippen LogP contribution in [-0.4, -0.2) is 41.5 Å². The summed E-state index contributed by atoms with van der Waals surface area (Å²) in [5, 5.41) is 5.61. The van der Waals surface area contributed by atoms with E-state index in [1.165, 1.54) is 28.6 Å². The number of aryl methyl sites for hydroxylation is 1. The Kier molecular flexibility index (Phi) is 6.04. The molecule has 3 aromatic heterocycles. The summed E-state index contributed by atoms with van der Waals surface area (Å²) in [7, 11) is 1.74. The number of nitrogens with one attached hydrogen (secondary N) is 1. The zero-order valence-electron chi connectivity index (χ0n) is 17.1. The fourth-order valence-corrected chi connectivity index (χ4v) is 5.51. The molecule has 3 heterocycles. The molecule has 4 rings (SSSR count). The largest absolute Gasteiger partial charge is 0.385 e. The summed E-state index contributed by atoms with van der Waals surface area (Å²) < 4.78 is 6.30. The number of thiophene rings is 1. The molecule has 0 atom stereocenters. The molecule has 5 nitrogen and oxygen atoms in total. The van der Waals surface area contributed by atoms with E-state index in [0.29, 0.717) is 5.92 Å². The predicted molar refractivity (Wildman–Crippen MR) is 120 cm³/mol. The third-order valence-electron chi connectivity index (χ3n) is 5.20. The van der Waals surface area contributed by atoms with Crippen LogP contribution in [-0.2, 0) is 24.0 Å². The zero-order valence-corrected chi connectivity index (χ0v) is 18.7. The molecular formula is C21H28N4OS2. The normalized spacial score (nSPS) is 13.8. The lowest BCUT2D eigenvalue weighted by atomic mass is 9.99. The van der Waals surface area contributed by atoms with Gasteiger partial charge in [0.2, 0.25) is 0 Å². The highest BCUT2D eigenvalue weighted by molar-refractivity contribution is 7.98. The van der Waals surface area contributed by atoms with Gasteiger partial charge in [-0.1, -0.05) is 25.6 Å². The predicted octanol–water partition coefficient (Wildman–Crippen LogP) is 5.10. The van der Waals surface area contributed by atoms with E-state index in [2.05, 4.69) is 19.2 Å². The second-order valence-corrected chi connectivity index (χ2v) is 9.53. The summed E-state index contributed by atoms with van der Waals surface area (Å²) in [6, 6.07) is 0. The first-order valence-electron chi connectivity index (χ1n) is 10.0. The van der Waals surface area contributed by atoms with Crippen LogP contribution in [0.2, 0.25) is 0 Å². The minimum atomic E-state index is 0.616. The average molecular weight is 417 g/mol. The van der Waals surface area contributed by atoms with Gasteiger partial charge in [-0.15, -0.1) is 11.3 Å². The Balaban J connectivity index is 1.87. The number of pyridine rings is 1. The van der Waals surface area contributed by atoms with Gasteiger partial charge in [0.15, 0.2) is 5.16 Å². The van der Waals surface area contributed by atoms with Crippen molar-refractivity contribution in [1.29, 1.82) is 0 Å². The van der Waals surface area contributed by atoms with Gasteiger partial charge in [-0.25, -0.2) is 15.0 Å². The van der Waals surface area contributed by atoms with Crippen molar-refractivity contribution in [1.82, 2.24) is 15.0 Å². The molecule has 3 aromatic rings. The maximum atomic E-state index is 5.17. The highest BCUT2D eigenvalue weighted by atomic mass is 32.2. The number of hydrogen-bond donors (Lipinski definition) is 1. The van der Waals surface area contributed by atoms with Crippen LogP contribution in [0.5, 0.6) is 0 Å². The molecule has 150 valence electrons. The monoisotopic (exact) mass is 416 g/mol. The third-order valence-corrected chi connectivity index (χ3v) is 6.83. The standard InChI is InChI=1S/C21H28N4OS2/c1-12(2)11-15-13-7-5-8-14(13)16-17-18(28-20(16)23-15)19(22-9-6-10-26-3)25-21(24-17)27-4/h12H,5-11H2,1-4H3,(H,22,24,25). The lowest BCUT2D eigenvalue weighted by molar-refractivity contribution is 0.198. The zero-order chi connectivity index (χ0) is 19.7. The van der Waals surface area contributed by atoms with E-state index < -0.39 is 0 Å². The number of ether oxygens (including phenoxy) is 1. The van der Waals surface area contributed by atoms with Crippen LogP contribution in [0.15, 0.2) is 5.16 Å². The van der Waals surface area contributed by atoms with Gasteiger partial charge in [0.05, 0.1) is 10.2 Å². The molecule has 0 radical (unpaired) electrons. The molecule has 1 aliphatic carbocycles. The Labute approximate surface area is 174 Å². The lowest BCUT2D eigenvalue weighted by Gasteiger charge is -2.11. The molecule has 28 heavy (non-hydrogen) atoms. The topological polar surface area (TPSA) is 59.9 Å². The van der Waals surface area contributed by atoms with Crippen LogP contribution >= 0.6 is 23.1 Å². The van der Waals surface area contributed by atoms with Crippen molar-refractivity contribution in [3.63, 3.8) is 0 Å². The van der Waals surface area contributed by atoms with Crippen LogP contribution in [0.4, 0.5) is 5.82 Å². The smallest absolute Gasteiger partial charge is 0.189 e. The van der Waals surface area contributed by atoms with E-state index in [1.807, 2.05) is 6.26 Å². The quantitative estimate of drug-likeness (QED) is 0.313. The third kappa shape index (κ3) is 3.72. The fraction of sp³-hybridized carbons (Fsp3) is 0.571. The van der Waals surface area contributed by atoms with Gasteiger partial charge in [-0.05, 0) is 55.4 Å². The van der Waals surface area contributed by atoms with E-state index in [0.717, 1.165) is 64.9 Å². The average Bonchev–Trinajstić information content (AvgIpc) is 3.28. The van der Waals surface area contributed by atoms with Gasteiger partial charge < -0.3 is 10.1 Å². The van der Waals surface area contributed by atoms with Gasteiger partial charge >= 0.3 is 0 Å². The minimum Gasteiger partial charge on any atom is -0.385 e. The van der Waals surface area contributed by atoms with Crippen molar-refractivity contribution in [2.75, 3.05) is 31.8 Å². The number of aromatic nitrogens is 3. The Morgan fingerprint density at radius 2 is 2.00 bits per heavy atom. The van der Waals surface area contributed by atoms with Crippen LogP contribution in [0, 0.1) is 5.92 Å². The number of methoxy groups -OCH3 is 1. The first-order chi connectivity index (χ1) is 13.6. The van der Waals surface area contributed by atoms with Gasteiger partial charge in [0, 0.05) is 31.3 Å². The SMILES string of the molecule is COCCCNc1nc(SC)nc2c1sc1nc(CC(C)C)c3c(c12)CCC3. The van der Waals surface area contributed by atoms with Gasteiger partial charge in [0.25, 0.3) is 0 Å². The van der Waals surface area contributed by atoms with Crippen LogP contribution in [0.1, 0.15) is 43.5 Å². The number of anilines is 1. The van der Waals surface area contributed by atoms with Crippen molar-refractivity contribution >= 4 is 49.3 Å². The van der Waals surface area contributed by atoms with Crippen molar-refractivity contribution in [3.05, 3.63) is 16.8 Å². The molecule has 0 unspecified atom stereocenters.